The van der Waals surface area contributed by atoms with Gasteiger partial charge in [-0.05, 0) is 51.2 Å². The second kappa shape index (κ2) is 9.96. The van der Waals surface area contributed by atoms with Gasteiger partial charge in [-0.3, -0.25) is 9.59 Å². The molecule has 0 unspecified atom stereocenters. The SMILES string of the molecule is Cc1ccc(N(CC(=O)N2CCCCC2)C(=O)C2CCN(C(=O)N(C)C)CC2)cc1. The van der Waals surface area contributed by atoms with Crippen molar-refractivity contribution in [1.29, 1.82) is 0 Å². The number of anilines is 1. The summed E-state index contributed by atoms with van der Waals surface area (Å²) in [6.07, 6.45) is 4.47. The van der Waals surface area contributed by atoms with E-state index in [1.54, 1.807) is 28.8 Å². The summed E-state index contributed by atoms with van der Waals surface area (Å²) in [6, 6.07) is 7.76. The molecule has 0 atom stereocenters. The van der Waals surface area contributed by atoms with Crippen molar-refractivity contribution in [3.05, 3.63) is 29.8 Å². The molecule has 0 saturated carbocycles. The van der Waals surface area contributed by atoms with Gasteiger partial charge in [0.05, 0.1) is 0 Å². The molecule has 2 heterocycles. The summed E-state index contributed by atoms with van der Waals surface area (Å²) >= 11 is 0. The predicted molar refractivity (Wildman–Crippen MR) is 117 cm³/mol. The van der Waals surface area contributed by atoms with Crippen LogP contribution in [0, 0.1) is 12.8 Å². The molecule has 4 amide bonds. The average Bonchev–Trinajstić information content (AvgIpc) is 2.77. The molecule has 7 heteroatoms. The fourth-order valence-electron chi connectivity index (χ4n) is 4.22. The molecule has 0 aliphatic carbocycles. The Morgan fingerprint density at radius 3 is 2.07 bits per heavy atom. The maximum Gasteiger partial charge on any atom is 0.319 e. The zero-order valence-electron chi connectivity index (χ0n) is 18.5. The minimum absolute atomic E-state index is 0.0128. The minimum Gasteiger partial charge on any atom is -0.341 e. The van der Waals surface area contributed by atoms with E-state index in [0.29, 0.717) is 25.9 Å². The van der Waals surface area contributed by atoms with Crippen LogP contribution in [0.1, 0.15) is 37.7 Å². The third kappa shape index (κ3) is 5.32. The van der Waals surface area contributed by atoms with Gasteiger partial charge < -0.3 is 19.6 Å². The highest BCUT2D eigenvalue weighted by Gasteiger charge is 2.33. The van der Waals surface area contributed by atoms with Crippen LogP contribution in [0.25, 0.3) is 0 Å². The molecule has 1 aromatic carbocycles. The van der Waals surface area contributed by atoms with Gasteiger partial charge in [-0.25, -0.2) is 4.79 Å². The number of hydrogen-bond donors (Lipinski definition) is 0. The molecule has 0 aromatic heterocycles. The van der Waals surface area contributed by atoms with Crippen molar-refractivity contribution in [1.82, 2.24) is 14.7 Å². The fourth-order valence-corrected chi connectivity index (χ4v) is 4.22. The lowest BCUT2D eigenvalue weighted by molar-refractivity contribution is -0.133. The zero-order valence-corrected chi connectivity index (χ0v) is 18.5. The molecule has 2 saturated heterocycles. The second-order valence-electron chi connectivity index (χ2n) is 8.64. The van der Waals surface area contributed by atoms with E-state index in [1.807, 2.05) is 36.1 Å². The van der Waals surface area contributed by atoms with Gasteiger partial charge in [0.1, 0.15) is 6.54 Å². The number of piperidine rings is 2. The number of nitrogens with zero attached hydrogens (tertiary/aromatic N) is 4. The van der Waals surface area contributed by atoms with Crippen molar-refractivity contribution in [3.8, 4) is 0 Å². The van der Waals surface area contributed by atoms with E-state index in [-0.39, 0.29) is 30.3 Å². The zero-order chi connectivity index (χ0) is 21.7. The lowest BCUT2D eigenvalue weighted by atomic mass is 9.95. The number of benzene rings is 1. The molecule has 7 nitrogen and oxygen atoms in total. The molecular formula is C23H34N4O3. The van der Waals surface area contributed by atoms with Crippen LogP contribution in [0.4, 0.5) is 10.5 Å². The molecule has 0 bridgehead atoms. The first-order chi connectivity index (χ1) is 14.4. The number of carbonyl (C=O) groups is 3. The maximum atomic E-state index is 13.5. The van der Waals surface area contributed by atoms with E-state index in [2.05, 4.69) is 0 Å². The van der Waals surface area contributed by atoms with Gasteiger partial charge in [-0.15, -0.1) is 0 Å². The first-order valence-electron chi connectivity index (χ1n) is 11.0. The van der Waals surface area contributed by atoms with Gasteiger partial charge in [0.25, 0.3) is 0 Å². The maximum absolute atomic E-state index is 13.5. The number of aryl methyl sites for hydroxylation is 1. The Labute approximate surface area is 179 Å². The monoisotopic (exact) mass is 414 g/mol. The van der Waals surface area contributed by atoms with Crippen LogP contribution in [0.3, 0.4) is 0 Å². The van der Waals surface area contributed by atoms with Crippen molar-refractivity contribution in [3.63, 3.8) is 0 Å². The molecular weight excluding hydrogens is 380 g/mol. The predicted octanol–water partition coefficient (Wildman–Crippen LogP) is 2.73. The van der Waals surface area contributed by atoms with Gasteiger partial charge in [0.2, 0.25) is 11.8 Å². The summed E-state index contributed by atoms with van der Waals surface area (Å²) in [4.78, 5) is 45.5. The number of urea groups is 1. The second-order valence-corrected chi connectivity index (χ2v) is 8.64. The largest absolute Gasteiger partial charge is 0.341 e. The normalized spacial score (nSPS) is 17.6. The van der Waals surface area contributed by atoms with Crippen LogP contribution >= 0.6 is 0 Å². The van der Waals surface area contributed by atoms with Crippen LogP contribution in [-0.4, -0.2) is 79.4 Å². The van der Waals surface area contributed by atoms with E-state index in [1.165, 1.54) is 0 Å². The van der Waals surface area contributed by atoms with Crippen LogP contribution in [0.5, 0.6) is 0 Å². The number of rotatable bonds is 4. The quantitative estimate of drug-likeness (QED) is 0.761. The Hall–Kier alpha value is -2.57. The van der Waals surface area contributed by atoms with Gasteiger partial charge in [0.15, 0.2) is 0 Å². The highest BCUT2D eigenvalue weighted by Crippen LogP contribution is 2.25. The molecule has 0 N–H and O–H groups in total. The summed E-state index contributed by atoms with van der Waals surface area (Å²) < 4.78 is 0. The van der Waals surface area contributed by atoms with E-state index in [9.17, 15) is 14.4 Å². The Morgan fingerprint density at radius 2 is 1.50 bits per heavy atom. The van der Waals surface area contributed by atoms with Crippen molar-refractivity contribution in [2.75, 3.05) is 51.7 Å². The van der Waals surface area contributed by atoms with Crippen LogP contribution < -0.4 is 4.90 Å². The molecule has 30 heavy (non-hydrogen) atoms. The summed E-state index contributed by atoms with van der Waals surface area (Å²) in [5.74, 6) is -0.170. The number of likely N-dealkylation sites (tertiary alicyclic amines) is 2. The van der Waals surface area contributed by atoms with E-state index in [0.717, 1.165) is 43.6 Å². The molecule has 164 valence electrons. The van der Waals surface area contributed by atoms with Crippen molar-refractivity contribution >= 4 is 23.5 Å². The summed E-state index contributed by atoms with van der Waals surface area (Å²) in [5.41, 5.74) is 1.88. The lowest BCUT2D eigenvalue weighted by Crippen LogP contribution is -2.49. The molecule has 0 spiro atoms. The molecule has 2 aliphatic rings. The van der Waals surface area contributed by atoms with Gasteiger partial charge >= 0.3 is 6.03 Å². The Kier molecular flexibility index (Phi) is 7.34. The topological polar surface area (TPSA) is 64.2 Å². The first-order valence-corrected chi connectivity index (χ1v) is 11.0. The van der Waals surface area contributed by atoms with Crippen molar-refractivity contribution in [2.45, 2.75) is 39.0 Å². The Balaban J connectivity index is 1.71. The highest BCUT2D eigenvalue weighted by molar-refractivity contribution is 6.00. The highest BCUT2D eigenvalue weighted by atomic mass is 16.2. The van der Waals surface area contributed by atoms with Crippen LogP contribution in [-0.2, 0) is 9.59 Å². The number of amides is 4. The average molecular weight is 415 g/mol. The van der Waals surface area contributed by atoms with Crippen molar-refractivity contribution in [2.24, 2.45) is 5.92 Å². The number of carbonyl (C=O) groups excluding carboxylic acids is 3. The third-order valence-electron chi connectivity index (χ3n) is 6.11. The van der Waals surface area contributed by atoms with E-state index >= 15 is 0 Å². The van der Waals surface area contributed by atoms with Gasteiger partial charge in [-0.1, -0.05) is 17.7 Å². The molecule has 2 aliphatic heterocycles. The lowest BCUT2D eigenvalue weighted by Gasteiger charge is -2.36. The van der Waals surface area contributed by atoms with E-state index < -0.39 is 0 Å². The molecule has 1 aromatic rings. The molecule has 0 radical (unpaired) electrons. The van der Waals surface area contributed by atoms with Crippen LogP contribution in [0.15, 0.2) is 24.3 Å². The van der Waals surface area contributed by atoms with E-state index in [4.69, 9.17) is 0 Å². The minimum atomic E-state index is -0.174. The van der Waals surface area contributed by atoms with Crippen LogP contribution in [0.2, 0.25) is 0 Å². The Morgan fingerprint density at radius 1 is 0.900 bits per heavy atom. The smallest absolute Gasteiger partial charge is 0.319 e. The van der Waals surface area contributed by atoms with Crippen molar-refractivity contribution < 1.29 is 14.4 Å². The third-order valence-corrected chi connectivity index (χ3v) is 6.11. The standard InChI is InChI=1S/C23H34N4O3/c1-18-7-9-20(10-8-18)27(17-21(28)25-13-5-4-6-14-25)22(29)19-11-15-26(16-12-19)23(30)24(2)3/h7-10,19H,4-6,11-17H2,1-3H3. The summed E-state index contributed by atoms with van der Waals surface area (Å²) in [7, 11) is 3.48. The first kappa shape index (κ1) is 22.1. The molecule has 2 fully saturated rings. The fraction of sp³-hybridized carbons (Fsp3) is 0.609. The van der Waals surface area contributed by atoms with Gasteiger partial charge in [-0.2, -0.15) is 0 Å². The molecule has 3 rings (SSSR count). The summed E-state index contributed by atoms with van der Waals surface area (Å²) in [5, 5.41) is 0. The summed E-state index contributed by atoms with van der Waals surface area (Å²) in [6.45, 7) is 4.77. The van der Waals surface area contributed by atoms with Gasteiger partial charge in [0, 0.05) is 51.9 Å². The number of hydrogen-bond acceptors (Lipinski definition) is 3. The Bertz CT molecular complexity index is 748.